The third-order valence-corrected chi connectivity index (χ3v) is 6.94. The summed E-state index contributed by atoms with van der Waals surface area (Å²) in [5.41, 5.74) is -0.460. The van der Waals surface area contributed by atoms with Crippen molar-refractivity contribution in [1.29, 1.82) is 0 Å². The number of aryl methyl sites for hydroxylation is 1. The lowest BCUT2D eigenvalue weighted by Crippen LogP contribution is -2.50. The highest BCUT2D eigenvalue weighted by Crippen LogP contribution is 2.38. The number of rotatable bonds is 1. The van der Waals surface area contributed by atoms with Crippen LogP contribution in [0.5, 0.6) is 0 Å². The Hall–Kier alpha value is -2.37. The van der Waals surface area contributed by atoms with E-state index in [0.717, 1.165) is 6.07 Å². The average molecular weight is 409 g/mol. The van der Waals surface area contributed by atoms with Gasteiger partial charge in [-0.1, -0.05) is 0 Å². The topological polar surface area (TPSA) is 128 Å². The molecule has 1 aromatic rings. The zero-order valence-corrected chi connectivity index (χ0v) is 16.2. The molecular formula is C17H19N3O7S. The number of aliphatic imine (C=N–C) groups is 1. The van der Waals surface area contributed by atoms with E-state index in [9.17, 15) is 23.3 Å². The van der Waals surface area contributed by atoms with Gasteiger partial charge in [0.15, 0.2) is 10.7 Å². The molecule has 4 rings (SSSR count). The summed E-state index contributed by atoms with van der Waals surface area (Å²) >= 11 is 0. The number of carbonyl (C=O) groups excluding carboxylic acids is 1. The predicted octanol–water partition coefficient (Wildman–Crippen LogP) is 1.41. The maximum absolute atomic E-state index is 13.2. The smallest absolute Gasteiger partial charge is 0.289 e. The summed E-state index contributed by atoms with van der Waals surface area (Å²) in [7, 11) is -4.32. The molecule has 1 aromatic carbocycles. The van der Waals surface area contributed by atoms with Crippen LogP contribution in [0.15, 0.2) is 22.0 Å². The van der Waals surface area contributed by atoms with Gasteiger partial charge in [-0.25, -0.2) is 8.42 Å². The minimum absolute atomic E-state index is 0.0401. The van der Waals surface area contributed by atoms with Gasteiger partial charge in [0.05, 0.1) is 23.2 Å². The molecule has 0 bridgehead atoms. The molecule has 0 aliphatic carbocycles. The number of likely N-dealkylation sites (tertiary alicyclic amines) is 1. The Bertz CT molecular complexity index is 1010. The van der Waals surface area contributed by atoms with Gasteiger partial charge in [-0.2, -0.15) is 4.99 Å². The Morgan fingerprint density at radius 3 is 2.57 bits per heavy atom. The molecule has 1 atom stereocenters. The second-order valence-electron chi connectivity index (χ2n) is 7.26. The predicted molar refractivity (Wildman–Crippen MR) is 96.8 cm³/mol. The number of nitro benzene ring substituents is 1. The summed E-state index contributed by atoms with van der Waals surface area (Å²) in [4.78, 5) is 27.8. The lowest BCUT2D eigenvalue weighted by atomic mass is 10.0. The highest BCUT2D eigenvalue weighted by Gasteiger charge is 2.47. The van der Waals surface area contributed by atoms with Gasteiger partial charge in [0.2, 0.25) is 15.0 Å². The summed E-state index contributed by atoms with van der Waals surface area (Å²) in [6, 6.07) is 2.47. The van der Waals surface area contributed by atoms with Crippen molar-refractivity contribution in [2.75, 3.05) is 19.7 Å². The van der Waals surface area contributed by atoms with Crippen molar-refractivity contribution in [1.82, 2.24) is 4.90 Å². The molecule has 3 aliphatic rings. The summed E-state index contributed by atoms with van der Waals surface area (Å²) in [5, 5.41) is 11.0. The van der Waals surface area contributed by atoms with Gasteiger partial charge in [-0.05, 0) is 25.5 Å². The van der Waals surface area contributed by atoms with Gasteiger partial charge >= 0.3 is 0 Å². The SMILES string of the molecule is Cc1cc2c(c([N+](=O)[O-])c1)S(=O)(=O)C(N1CCC3(CC1)OC[C@H](C)O3)=NC2=O. The largest absolute Gasteiger partial charge is 0.347 e. The van der Waals surface area contributed by atoms with Crippen LogP contribution in [0, 0.1) is 17.0 Å². The number of hydrogen-bond donors (Lipinski definition) is 0. The number of nitrogens with zero attached hydrogens (tertiary/aromatic N) is 3. The van der Waals surface area contributed by atoms with Gasteiger partial charge in [0.1, 0.15) is 0 Å². The van der Waals surface area contributed by atoms with Gasteiger partial charge in [-0.3, -0.25) is 14.9 Å². The monoisotopic (exact) mass is 409 g/mol. The van der Waals surface area contributed by atoms with Gasteiger partial charge in [0.25, 0.3) is 11.6 Å². The highest BCUT2D eigenvalue weighted by atomic mass is 32.2. The van der Waals surface area contributed by atoms with Crippen LogP contribution in [-0.2, 0) is 19.3 Å². The molecule has 2 saturated heterocycles. The maximum atomic E-state index is 13.2. The third kappa shape index (κ3) is 2.90. The average Bonchev–Trinajstić information content (AvgIpc) is 2.98. The van der Waals surface area contributed by atoms with Crippen LogP contribution in [-0.4, -0.2) is 60.9 Å². The summed E-state index contributed by atoms with van der Waals surface area (Å²) in [6.07, 6.45) is 0.771. The van der Waals surface area contributed by atoms with Crippen molar-refractivity contribution in [2.24, 2.45) is 4.99 Å². The molecule has 150 valence electrons. The number of benzene rings is 1. The molecule has 0 unspecified atom stereocenters. The minimum Gasteiger partial charge on any atom is -0.347 e. The standard InChI is InChI=1S/C17H19N3O7S/c1-10-7-12-14(13(8-10)20(22)23)28(24,25)16(18-15(12)21)19-5-3-17(4-6-19)26-9-11(2)27-17/h7-8,11H,3-6,9H2,1-2H3/t11-/m0/s1. The highest BCUT2D eigenvalue weighted by molar-refractivity contribution is 8.06. The lowest BCUT2D eigenvalue weighted by Gasteiger charge is -2.39. The fraction of sp³-hybridized carbons (Fsp3) is 0.529. The molecule has 0 aromatic heterocycles. The minimum atomic E-state index is -4.32. The first-order valence-electron chi connectivity index (χ1n) is 8.87. The fourth-order valence-corrected chi connectivity index (χ4v) is 5.63. The second kappa shape index (κ2) is 6.33. The van der Waals surface area contributed by atoms with Crippen molar-refractivity contribution in [3.63, 3.8) is 0 Å². The molecule has 0 N–H and O–H groups in total. The molecule has 1 spiro atoms. The first kappa shape index (κ1) is 19.0. The molecule has 2 fully saturated rings. The van der Waals surface area contributed by atoms with Gasteiger partial charge < -0.3 is 14.4 Å². The Morgan fingerprint density at radius 2 is 2.00 bits per heavy atom. The number of amidine groups is 1. The molecule has 10 nitrogen and oxygen atoms in total. The Morgan fingerprint density at radius 1 is 1.32 bits per heavy atom. The fourth-order valence-electron chi connectivity index (χ4n) is 3.87. The van der Waals surface area contributed by atoms with Crippen LogP contribution in [0.1, 0.15) is 35.7 Å². The molecule has 28 heavy (non-hydrogen) atoms. The molecular weight excluding hydrogens is 390 g/mol. The van der Waals surface area contributed by atoms with E-state index in [1.807, 2.05) is 6.92 Å². The first-order chi connectivity index (χ1) is 13.1. The Balaban J connectivity index is 1.70. The van der Waals surface area contributed by atoms with E-state index in [2.05, 4.69) is 4.99 Å². The quantitative estimate of drug-likeness (QED) is 0.503. The number of hydrogen-bond acceptors (Lipinski definition) is 8. The number of ether oxygens (including phenoxy) is 2. The zero-order valence-electron chi connectivity index (χ0n) is 15.4. The van der Waals surface area contributed by atoms with E-state index in [0.29, 0.717) is 25.0 Å². The van der Waals surface area contributed by atoms with E-state index < -0.39 is 42.2 Å². The number of sulfone groups is 1. The van der Waals surface area contributed by atoms with Crippen molar-refractivity contribution in [3.8, 4) is 0 Å². The van der Waals surface area contributed by atoms with Crippen molar-refractivity contribution in [2.45, 2.75) is 43.5 Å². The molecule has 3 heterocycles. The number of nitro groups is 1. The number of carbonyl (C=O) groups is 1. The molecule has 1 amide bonds. The van der Waals surface area contributed by atoms with Crippen molar-refractivity contribution < 1.29 is 27.6 Å². The van der Waals surface area contributed by atoms with Crippen molar-refractivity contribution in [3.05, 3.63) is 33.4 Å². The summed E-state index contributed by atoms with van der Waals surface area (Å²) in [6.45, 7) is 4.41. The number of amides is 1. The van der Waals surface area contributed by atoms with Gasteiger partial charge in [-0.15, -0.1) is 0 Å². The van der Waals surface area contributed by atoms with Crippen LogP contribution in [0.25, 0.3) is 0 Å². The van der Waals surface area contributed by atoms with Crippen molar-refractivity contribution >= 4 is 26.6 Å². The van der Waals surface area contributed by atoms with Crippen LogP contribution in [0.4, 0.5) is 5.69 Å². The molecule has 0 saturated carbocycles. The van der Waals surface area contributed by atoms with Crippen LogP contribution in [0.3, 0.4) is 0 Å². The molecule has 3 aliphatic heterocycles. The van der Waals surface area contributed by atoms with E-state index in [1.165, 1.54) is 11.0 Å². The third-order valence-electron chi connectivity index (χ3n) is 5.14. The van der Waals surface area contributed by atoms with E-state index in [1.54, 1.807) is 6.92 Å². The van der Waals surface area contributed by atoms with Crippen LogP contribution < -0.4 is 0 Å². The van der Waals surface area contributed by atoms with Gasteiger partial charge in [0, 0.05) is 32.0 Å². The van der Waals surface area contributed by atoms with Crippen LogP contribution >= 0.6 is 0 Å². The van der Waals surface area contributed by atoms with Crippen LogP contribution in [0.2, 0.25) is 0 Å². The Kier molecular flexibility index (Phi) is 4.28. The zero-order chi connectivity index (χ0) is 20.3. The number of piperidine rings is 1. The summed E-state index contributed by atoms with van der Waals surface area (Å²) < 4.78 is 37.9. The maximum Gasteiger partial charge on any atom is 0.289 e. The van der Waals surface area contributed by atoms with E-state index >= 15 is 0 Å². The first-order valence-corrected chi connectivity index (χ1v) is 10.4. The molecule has 0 radical (unpaired) electrons. The van der Waals surface area contributed by atoms with E-state index in [-0.39, 0.29) is 24.8 Å². The lowest BCUT2D eigenvalue weighted by molar-refractivity contribution is -0.387. The number of fused-ring (bicyclic) bond motifs is 1. The Labute approximate surface area is 161 Å². The molecule has 11 heteroatoms. The normalized spacial score (nSPS) is 25.5. The van der Waals surface area contributed by atoms with E-state index in [4.69, 9.17) is 9.47 Å². The second-order valence-corrected chi connectivity index (χ2v) is 9.04. The summed E-state index contributed by atoms with van der Waals surface area (Å²) in [5.74, 6) is -1.55.